The van der Waals surface area contributed by atoms with Gasteiger partial charge < -0.3 is 10.1 Å². The fraction of sp³-hybridized carbons (Fsp3) is 1.00. The Balaban J connectivity index is 2.16. The van der Waals surface area contributed by atoms with Crippen LogP contribution in [0.15, 0.2) is 0 Å². The van der Waals surface area contributed by atoms with Crippen LogP contribution in [-0.2, 0) is 4.74 Å². The van der Waals surface area contributed by atoms with Crippen LogP contribution in [0.3, 0.4) is 0 Å². The molecule has 0 spiro atoms. The van der Waals surface area contributed by atoms with E-state index in [2.05, 4.69) is 45.0 Å². The van der Waals surface area contributed by atoms with Crippen molar-refractivity contribution in [2.45, 2.75) is 58.2 Å². The standard InChI is InChI=1S/C14H28N2O/c1-13(2)7-6-11(12(13)15-5)16-8-9-17-10-14(16,3)4/h11-12,15H,6-10H2,1-5H3. The van der Waals surface area contributed by atoms with E-state index in [4.69, 9.17) is 4.74 Å². The Morgan fingerprint density at radius 1 is 1.24 bits per heavy atom. The Labute approximate surface area is 106 Å². The fourth-order valence-corrected chi connectivity index (χ4v) is 3.77. The van der Waals surface area contributed by atoms with Gasteiger partial charge in [0.05, 0.1) is 13.2 Å². The van der Waals surface area contributed by atoms with Crippen molar-refractivity contribution in [3.8, 4) is 0 Å². The van der Waals surface area contributed by atoms with Crippen LogP contribution in [0.1, 0.15) is 40.5 Å². The third-order valence-corrected chi connectivity index (χ3v) is 4.73. The summed E-state index contributed by atoms with van der Waals surface area (Å²) >= 11 is 0. The van der Waals surface area contributed by atoms with E-state index in [0.717, 1.165) is 19.8 Å². The van der Waals surface area contributed by atoms with Crippen LogP contribution in [-0.4, -0.2) is 49.3 Å². The maximum absolute atomic E-state index is 5.63. The van der Waals surface area contributed by atoms with Crippen molar-refractivity contribution in [1.82, 2.24) is 10.2 Å². The van der Waals surface area contributed by atoms with Crippen LogP contribution in [0.25, 0.3) is 0 Å². The summed E-state index contributed by atoms with van der Waals surface area (Å²) < 4.78 is 5.63. The maximum atomic E-state index is 5.63. The van der Waals surface area contributed by atoms with Gasteiger partial charge in [-0.2, -0.15) is 0 Å². The number of hydrogen-bond acceptors (Lipinski definition) is 3. The lowest BCUT2D eigenvalue weighted by molar-refractivity contribution is -0.0771. The first-order valence-corrected chi connectivity index (χ1v) is 6.90. The number of hydrogen-bond donors (Lipinski definition) is 1. The minimum atomic E-state index is 0.179. The molecule has 2 unspecified atom stereocenters. The van der Waals surface area contributed by atoms with Gasteiger partial charge >= 0.3 is 0 Å². The molecule has 3 heteroatoms. The number of rotatable bonds is 2. The van der Waals surface area contributed by atoms with Gasteiger partial charge in [0.25, 0.3) is 0 Å². The van der Waals surface area contributed by atoms with E-state index in [-0.39, 0.29) is 5.54 Å². The molecule has 0 amide bonds. The molecule has 1 aliphatic heterocycles. The van der Waals surface area contributed by atoms with Crippen LogP contribution in [0.2, 0.25) is 0 Å². The Kier molecular flexibility index (Phi) is 3.54. The minimum Gasteiger partial charge on any atom is -0.378 e. The Bertz CT molecular complexity index is 275. The summed E-state index contributed by atoms with van der Waals surface area (Å²) in [5, 5.41) is 3.56. The van der Waals surface area contributed by atoms with Crippen molar-refractivity contribution in [1.29, 1.82) is 0 Å². The quantitative estimate of drug-likeness (QED) is 0.797. The molecule has 1 heterocycles. The topological polar surface area (TPSA) is 24.5 Å². The summed E-state index contributed by atoms with van der Waals surface area (Å²) in [5.74, 6) is 0. The monoisotopic (exact) mass is 240 g/mol. The van der Waals surface area contributed by atoms with E-state index in [0.29, 0.717) is 17.5 Å². The van der Waals surface area contributed by atoms with Crippen LogP contribution < -0.4 is 5.32 Å². The molecule has 0 radical (unpaired) electrons. The highest BCUT2D eigenvalue weighted by molar-refractivity contribution is 5.04. The normalized spacial score (nSPS) is 37.2. The van der Waals surface area contributed by atoms with Crippen molar-refractivity contribution >= 4 is 0 Å². The summed E-state index contributed by atoms with van der Waals surface area (Å²) in [4.78, 5) is 2.67. The van der Waals surface area contributed by atoms with Crippen molar-refractivity contribution in [2.75, 3.05) is 26.8 Å². The minimum absolute atomic E-state index is 0.179. The largest absolute Gasteiger partial charge is 0.378 e. The highest BCUT2D eigenvalue weighted by atomic mass is 16.5. The number of morpholine rings is 1. The molecule has 2 aliphatic rings. The van der Waals surface area contributed by atoms with E-state index in [1.165, 1.54) is 12.8 Å². The molecular weight excluding hydrogens is 212 g/mol. The molecule has 0 aromatic rings. The number of nitrogens with one attached hydrogen (secondary N) is 1. The molecule has 0 aromatic heterocycles. The van der Waals surface area contributed by atoms with Gasteiger partial charge in [0.15, 0.2) is 0 Å². The zero-order chi connectivity index (χ0) is 12.7. The molecule has 17 heavy (non-hydrogen) atoms. The molecule has 0 aromatic carbocycles. The van der Waals surface area contributed by atoms with Gasteiger partial charge in [-0.05, 0) is 39.2 Å². The average molecular weight is 240 g/mol. The third-order valence-electron chi connectivity index (χ3n) is 4.73. The fourth-order valence-electron chi connectivity index (χ4n) is 3.77. The van der Waals surface area contributed by atoms with Crippen molar-refractivity contribution in [3.63, 3.8) is 0 Å². The first-order valence-electron chi connectivity index (χ1n) is 6.90. The van der Waals surface area contributed by atoms with Crippen LogP contribution in [0.5, 0.6) is 0 Å². The molecule has 2 fully saturated rings. The van der Waals surface area contributed by atoms with Gasteiger partial charge in [0.1, 0.15) is 0 Å². The predicted molar refractivity (Wildman–Crippen MR) is 71.3 cm³/mol. The first kappa shape index (κ1) is 13.3. The molecule has 2 atom stereocenters. The number of ether oxygens (including phenoxy) is 1. The van der Waals surface area contributed by atoms with E-state index >= 15 is 0 Å². The van der Waals surface area contributed by atoms with E-state index in [1.54, 1.807) is 0 Å². The lowest BCUT2D eigenvalue weighted by Gasteiger charge is -2.48. The van der Waals surface area contributed by atoms with Gasteiger partial charge in [-0.25, -0.2) is 0 Å². The van der Waals surface area contributed by atoms with Gasteiger partial charge in [-0.15, -0.1) is 0 Å². The third kappa shape index (κ3) is 2.38. The van der Waals surface area contributed by atoms with E-state index < -0.39 is 0 Å². The molecule has 2 rings (SSSR count). The second-order valence-corrected chi connectivity index (χ2v) is 6.92. The SMILES string of the molecule is CNC1C(N2CCOCC2(C)C)CCC1(C)C. The zero-order valence-electron chi connectivity index (χ0n) is 12.0. The highest BCUT2D eigenvalue weighted by Crippen LogP contribution is 2.42. The summed E-state index contributed by atoms with van der Waals surface area (Å²) in [6.45, 7) is 12.2. The second-order valence-electron chi connectivity index (χ2n) is 6.92. The highest BCUT2D eigenvalue weighted by Gasteiger charge is 2.47. The van der Waals surface area contributed by atoms with Gasteiger partial charge in [-0.1, -0.05) is 13.8 Å². The van der Waals surface area contributed by atoms with Gasteiger partial charge in [0.2, 0.25) is 0 Å². The van der Waals surface area contributed by atoms with Gasteiger partial charge in [0, 0.05) is 24.2 Å². The van der Waals surface area contributed by atoms with Gasteiger partial charge in [-0.3, -0.25) is 4.90 Å². The average Bonchev–Trinajstić information content (AvgIpc) is 2.52. The number of likely N-dealkylation sites (N-methyl/N-ethyl adjacent to an activating group) is 1. The van der Waals surface area contributed by atoms with Crippen LogP contribution in [0.4, 0.5) is 0 Å². The second kappa shape index (κ2) is 4.52. The molecular formula is C14H28N2O. The van der Waals surface area contributed by atoms with Crippen molar-refractivity contribution < 1.29 is 4.74 Å². The van der Waals surface area contributed by atoms with Crippen molar-refractivity contribution in [2.24, 2.45) is 5.41 Å². The van der Waals surface area contributed by atoms with Crippen LogP contribution in [0, 0.1) is 5.41 Å². The summed E-state index contributed by atoms with van der Waals surface area (Å²) in [6, 6.07) is 1.26. The molecule has 3 nitrogen and oxygen atoms in total. The lowest BCUT2D eigenvalue weighted by atomic mass is 9.85. The molecule has 1 saturated carbocycles. The first-order chi connectivity index (χ1) is 7.88. The summed E-state index contributed by atoms with van der Waals surface area (Å²) in [5.41, 5.74) is 0.590. The smallest absolute Gasteiger partial charge is 0.0645 e. The molecule has 0 bridgehead atoms. The van der Waals surface area contributed by atoms with E-state index in [1.807, 2.05) is 0 Å². The molecule has 1 aliphatic carbocycles. The molecule has 100 valence electrons. The molecule has 1 N–H and O–H groups in total. The van der Waals surface area contributed by atoms with Crippen LogP contribution >= 0.6 is 0 Å². The Morgan fingerprint density at radius 3 is 2.53 bits per heavy atom. The van der Waals surface area contributed by atoms with E-state index in [9.17, 15) is 0 Å². The molecule has 1 saturated heterocycles. The zero-order valence-corrected chi connectivity index (χ0v) is 12.0. The predicted octanol–water partition coefficient (Wildman–Crippen LogP) is 1.87. The number of nitrogens with zero attached hydrogens (tertiary/aromatic N) is 1. The Morgan fingerprint density at radius 2 is 1.94 bits per heavy atom. The maximum Gasteiger partial charge on any atom is 0.0645 e. The Hall–Kier alpha value is -0.120. The summed E-state index contributed by atoms with van der Waals surface area (Å²) in [6.07, 6.45) is 2.62. The van der Waals surface area contributed by atoms with Crippen molar-refractivity contribution in [3.05, 3.63) is 0 Å². The lowest BCUT2D eigenvalue weighted by Crippen LogP contribution is -2.61. The summed E-state index contributed by atoms with van der Waals surface area (Å²) in [7, 11) is 2.11.